The van der Waals surface area contributed by atoms with E-state index < -0.39 is 0 Å². The smallest absolute Gasteiger partial charge is 0.244 e. The molecule has 4 heteroatoms. The Morgan fingerprint density at radius 2 is 2.19 bits per heavy atom. The van der Waals surface area contributed by atoms with Gasteiger partial charge >= 0.3 is 0 Å². The van der Waals surface area contributed by atoms with Crippen molar-refractivity contribution in [2.75, 3.05) is 11.9 Å². The lowest BCUT2D eigenvalue weighted by Gasteiger charge is -2.13. The SMILES string of the molecule is O=C(Nc1ccc(F)cc1)[C@]12C[C@H]1CCN2. The third-order valence-electron chi connectivity index (χ3n) is 3.55. The molecule has 1 aromatic rings. The maximum absolute atomic E-state index is 12.7. The summed E-state index contributed by atoms with van der Waals surface area (Å²) in [5, 5.41) is 6.08. The van der Waals surface area contributed by atoms with Crippen LogP contribution in [0.4, 0.5) is 10.1 Å². The van der Waals surface area contributed by atoms with E-state index in [0.29, 0.717) is 11.6 Å². The Balaban J connectivity index is 1.71. The second-order valence-corrected chi connectivity index (χ2v) is 4.55. The van der Waals surface area contributed by atoms with Gasteiger partial charge in [0.1, 0.15) is 11.4 Å². The van der Waals surface area contributed by atoms with Gasteiger partial charge in [-0.1, -0.05) is 0 Å². The van der Waals surface area contributed by atoms with Crippen LogP contribution in [0, 0.1) is 11.7 Å². The lowest BCUT2D eigenvalue weighted by molar-refractivity contribution is -0.119. The maximum atomic E-state index is 12.7. The number of halogens is 1. The normalized spacial score (nSPS) is 30.9. The lowest BCUT2D eigenvalue weighted by Crippen LogP contribution is -2.41. The zero-order chi connectivity index (χ0) is 11.2. The van der Waals surface area contributed by atoms with Crippen LogP contribution in [0.25, 0.3) is 0 Å². The molecule has 1 saturated carbocycles. The quantitative estimate of drug-likeness (QED) is 0.793. The van der Waals surface area contributed by atoms with Crippen molar-refractivity contribution in [1.82, 2.24) is 5.32 Å². The van der Waals surface area contributed by atoms with Crippen molar-refractivity contribution in [1.29, 1.82) is 0 Å². The summed E-state index contributed by atoms with van der Waals surface area (Å²) in [5.74, 6) is 0.217. The maximum Gasteiger partial charge on any atom is 0.244 e. The summed E-state index contributed by atoms with van der Waals surface area (Å²) < 4.78 is 12.7. The molecular formula is C12H13FN2O. The first kappa shape index (κ1) is 9.78. The minimum atomic E-state index is -0.325. The average molecular weight is 220 g/mol. The summed E-state index contributed by atoms with van der Waals surface area (Å²) in [7, 11) is 0. The van der Waals surface area contributed by atoms with E-state index in [1.807, 2.05) is 0 Å². The summed E-state index contributed by atoms with van der Waals surface area (Å²) >= 11 is 0. The molecule has 1 saturated heterocycles. The summed E-state index contributed by atoms with van der Waals surface area (Å²) in [6.07, 6.45) is 2.01. The number of fused-ring (bicyclic) bond motifs is 1. The topological polar surface area (TPSA) is 41.1 Å². The molecule has 0 radical (unpaired) electrons. The molecule has 0 bridgehead atoms. The number of carbonyl (C=O) groups excluding carboxylic acids is 1. The second-order valence-electron chi connectivity index (χ2n) is 4.55. The summed E-state index contributed by atoms with van der Waals surface area (Å²) in [6, 6.07) is 5.85. The Labute approximate surface area is 93.0 Å². The van der Waals surface area contributed by atoms with E-state index >= 15 is 0 Å². The number of nitrogens with one attached hydrogen (secondary N) is 2. The van der Waals surface area contributed by atoms with E-state index in [4.69, 9.17) is 0 Å². The Kier molecular flexibility index (Phi) is 2.01. The van der Waals surface area contributed by atoms with Gasteiger partial charge in [0.2, 0.25) is 5.91 Å². The number of hydrogen-bond donors (Lipinski definition) is 2. The van der Waals surface area contributed by atoms with E-state index in [1.165, 1.54) is 12.1 Å². The van der Waals surface area contributed by atoms with E-state index in [0.717, 1.165) is 19.4 Å². The van der Waals surface area contributed by atoms with Gasteiger partial charge < -0.3 is 10.6 Å². The van der Waals surface area contributed by atoms with Gasteiger partial charge in [0.15, 0.2) is 0 Å². The first-order valence-corrected chi connectivity index (χ1v) is 5.53. The van der Waals surface area contributed by atoms with Gasteiger partial charge in [-0.15, -0.1) is 0 Å². The van der Waals surface area contributed by atoms with E-state index in [1.54, 1.807) is 12.1 Å². The number of hydrogen-bond acceptors (Lipinski definition) is 2. The van der Waals surface area contributed by atoms with Crippen molar-refractivity contribution in [3.8, 4) is 0 Å². The van der Waals surface area contributed by atoms with Crippen molar-refractivity contribution in [3.05, 3.63) is 30.1 Å². The summed E-state index contributed by atoms with van der Waals surface area (Å²) in [4.78, 5) is 12.0. The molecule has 16 heavy (non-hydrogen) atoms. The number of benzene rings is 1. The zero-order valence-corrected chi connectivity index (χ0v) is 8.79. The van der Waals surface area contributed by atoms with E-state index in [-0.39, 0.29) is 17.3 Å². The van der Waals surface area contributed by atoms with Gasteiger partial charge in [-0.2, -0.15) is 0 Å². The summed E-state index contributed by atoms with van der Waals surface area (Å²) in [6.45, 7) is 0.918. The predicted octanol–water partition coefficient (Wildman–Crippen LogP) is 1.52. The molecule has 1 aliphatic carbocycles. The Hall–Kier alpha value is -1.42. The monoisotopic (exact) mass is 220 g/mol. The highest BCUT2D eigenvalue weighted by Crippen LogP contribution is 2.50. The van der Waals surface area contributed by atoms with Crippen molar-refractivity contribution in [3.63, 3.8) is 0 Å². The van der Waals surface area contributed by atoms with E-state index in [2.05, 4.69) is 10.6 Å². The molecule has 0 aromatic heterocycles. The molecule has 2 fully saturated rings. The molecule has 84 valence electrons. The van der Waals surface area contributed by atoms with Gasteiger partial charge in [-0.25, -0.2) is 4.39 Å². The van der Waals surface area contributed by atoms with Crippen LogP contribution >= 0.6 is 0 Å². The van der Waals surface area contributed by atoms with Crippen LogP contribution in [-0.4, -0.2) is 18.0 Å². The molecule has 3 nitrogen and oxygen atoms in total. The minimum Gasteiger partial charge on any atom is -0.324 e. The molecule has 2 aliphatic rings. The molecule has 1 amide bonds. The van der Waals surface area contributed by atoms with Crippen LogP contribution in [0.1, 0.15) is 12.8 Å². The van der Waals surface area contributed by atoms with Crippen molar-refractivity contribution >= 4 is 11.6 Å². The van der Waals surface area contributed by atoms with Crippen LogP contribution < -0.4 is 10.6 Å². The second kappa shape index (κ2) is 3.28. The Bertz CT molecular complexity index is 431. The van der Waals surface area contributed by atoms with Gasteiger partial charge in [-0.05, 0) is 49.6 Å². The number of anilines is 1. The molecular weight excluding hydrogens is 207 g/mol. The highest BCUT2D eigenvalue weighted by atomic mass is 19.1. The molecule has 2 atom stereocenters. The fourth-order valence-corrected chi connectivity index (χ4v) is 2.50. The molecule has 2 N–H and O–H groups in total. The first-order chi connectivity index (χ1) is 7.71. The third kappa shape index (κ3) is 1.41. The molecule has 1 heterocycles. The van der Waals surface area contributed by atoms with Crippen LogP contribution in [-0.2, 0) is 4.79 Å². The van der Waals surface area contributed by atoms with E-state index in [9.17, 15) is 9.18 Å². The highest BCUT2D eigenvalue weighted by Gasteiger charge is 2.62. The summed E-state index contributed by atoms with van der Waals surface area (Å²) in [5.41, 5.74) is 0.328. The fraction of sp³-hybridized carbons (Fsp3) is 0.417. The average Bonchev–Trinajstić information content (AvgIpc) is 2.85. The number of piperidine rings is 1. The minimum absolute atomic E-state index is 0.0154. The van der Waals surface area contributed by atoms with Crippen LogP contribution in [0.2, 0.25) is 0 Å². The molecule has 1 aliphatic heterocycles. The van der Waals surface area contributed by atoms with Crippen LogP contribution in [0.5, 0.6) is 0 Å². The number of amides is 1. The van der Waals surface area contributed by atoms with Crippen LogP contribution in [0.15, 0.2) is 24.3 Å². The van der Waals surface area contributed by atoms with Gasteiger partial charge in [0.25, 0.3) is 0 Å². The highest BCUT2D eigenvalue weighted by molar-refractivity contribution is 6.01. The number of carbonyl (C=O) groups is 1. The Morgan fingerprint density at radius 1 is 1.44 bits per heavy atom. The van der Waals surface area contributed by atoms with Gasteiger partial charge in [0, 0.05) is 5.69 Å². The molecule has 0 spiro atoms. The third-order valence-corrected chi connectivity index (χ3v) is 3.55. The fourth-order valence-electron chi connectivity index (χ4n) is 2.50. The van der Waals surface area contributed by atoms with Crippen LogP contribution in [0.3, 0.4) is 0 Å². The van der Waals surface area contributed by atoms with Crippen molar-refractivity contribution < 1.29 is 9.18 Å². The van der Waals surface area contributed by atoms with Gasteiger partial charge in [0.05, 0.1) is 0 Å². The zero-order valence-electron chi connectivity index (χ0n) is 8.79. The van der Waals surface area contributed by atoms with Gasteiger partial charge in [-0.3, -0.25) is 4.79 Å². The number of rotatable bonds is 2. The lowest BCUT2D eigenvalue weighted by atomic mass is 10.2. The Morgan fingerprint density at radius 3 is 2.75 bits per heavy atom. The first-order valence-electron chi connectivity index (χ1n) is 5.53. The molecule has 3 rings (SSSR count). The standard InChI is InChI=1S/C12H13FN2O/c13-9-1-3-10(4-2-9)15-11(16)12-7-8(12)5-6-14-12/h1-4,8,14H,5-7H2,(H,15,16)/t8-,12+/m1/s1. The largest absolute Gasteiger partial charge is 0.324 e. The molecule has 1 aromatic carbocycles. The van der Waals surface area contributed by atoms with Crippen molar-refractivity contribution in [2.24, 2.45) is 5.92 Å². The predicted molar refractivity (Wildman–Crippen MR) is 58.5 cm³/mol. The molecule has 0 unspecified atom stereocenters. The van der Waals surface area contributed by atoms with Crippen molar-refractivity contribution in [2.45, 2.75) is 18.4 Å².